The molecule has 0 saturated heterocycles. The van der Waals surface area contributed by atoms with E-state index < -0.39 is 0 Å². The summed E-state index contributed by atoms with van der Waals surface area (Å²) in [5.41, 5.74) is 3.12. The van der Waals surface area contributed by atoms with E-state index in [0.29, 0.717) is 103 Å². The molecule has 0 unspecified atom stereocenters. The predicted octanol–water partition coefficient (Wildman–Crippen LogP) is 13.5. The molecule has 0 atom stereocenters. The molecule has 19 heteroatoms. The van der Waals surface area contributed by atoms with Gasteiger partial charge in [-0.05, 0) is 72.8 Å². The van der Waals surface area contributed by atoms with Gasteiger partial charge in [0.15, 0.2) is 34.1 Å². The summed E-state index contributed by atoms with van der Waals surface area (Å²) < 4.78 is 59.7. The average Bonchev–Trinajstić information content (AvgIpc) is 3.46. The fourth-order valence-corrected chi connectivity index (χ4v) is 5.14. The minimum Gasteiger partial charge on any atom is -0.498 e. The third-order valence-corrected chi connectivity index (χ3v) is 8.79. The smallest absolute Gasteiger partial charge is 0.194 e. The molecular formula is C54H54N6O12Tc. The molecule has 0 heterocycles. The number of methoxy groups -OCH3 is 12. The molecule has 0 saturated carbocycles. The van der Waals surface area contributed by atoms with Crippen molar-refractivity contribution in [1.82, 2.24) is 0 Å². The summed E-state index contributed by atoms with van der Waals surface area (Å²) in [7, 11) is 18.7. The molecule has 0 spiro atoms. The molecule has 0 N–H and O–H groups in total. The Balaban J connectivity index is 0.000000850. The van der Waals surface area contributed by atoms with E-state index in [4.69, 9.17) is 96.3 Å². The Morgan fingerprint density at radius 2 is 0.274 bits per heavy atom. The summed E-state index contributed by atoms with van der Waals surface area (Å²) in [6.45, 7) is 40.8. The van der Waals surface area contributed by atoms with Gasteiger partial charge in [0.25, 0.3) is 0 Å². The topological polar surface area (TPSA) is 137 Å². The third kappa shape index (κ3) is 23.6. The van der Waals surface area contributed by atoms with Gasteiger partial charge in [-0.25, -0.2) is 29.1 Å². The normalized spacial score (nSPS) is 8.63. The first-order valence-electron chi connectivity index (χ1n) is 20.4. The maximum absolute atomic E-state index is 6.80. The van der Waals surface area contributed by atoms with Crippen molar-refractivity contribution in [2.45, 2.75) is 0 Å². The maximum atomic E-state index is 6.80. The van der Waals surface area contributed by atoms with Gasteiger partial charge < -0.3 is 56.8 Å². The van der Waals surface area contributed by atoms with Crippen molar-refractivity contribution in [2.75, 3.05) is 85.3 Å². The first kappa shape index (κ1) is 63.5. The van der Waals surface area contributed by atoms with Crippen molar-refractivity contribution in [1.29, 1.82) is 0 Å². The number of hydrogen-bond acceptors (Lipinski definition) is 12. The summed E-state index contributed by atoms with van der Waals surface area (Å²) in [4.78, 5) is 19.7. The van der Waals surface area contributed by atoms with Gasteiger partial charge >= 0.3 is 0 Å². The van der Waals surface area contributed by atoms with Gasteiger partial charge in [-0.2, -0.15) is 0 Å². The van der Waals surface area contributed by atoms with Crippen LogP contribution in [0.2, 0.25) is 0 Å². The number of ether oxygens (including phenoxy) is 12. The van der Waals surface area contributed by atoms with Crippen molar-refractivity contribution in [3.63, 3.8) is 0 Å². The molecular weight excluding hydrogens is 1020 g/mol. The van der Waals surface area contributed by atoms with Crippen LogP contribution in [-0.2, 0) is 20.1 Å². The van der Waals surface area contributed by atoms with E-state index in [1.165, 1.54) is 0 Å². The zero-order chi connectivity index (χ0) is 53.8. The second-order valence-electron chi connectivity index (χ2n) is 13.1. The van der Waals surface area contributed by atoms with E-state index >= 15 is 0 Å². The second kappa shape index (κ2) is 36.5. The largest absolute Gasteiger partial charge is 0.498 e. The summed E-state index contributed by atoms with van der Waals surface area (Å²) in [5, 5.41) is 0. The molecule has 6 rings (SSSR count). The van der Waals surface area contributed by atoms with Crippen LogP contribution in [0.15, 0.2) is 109 Å². The van der Waals surface area contributed by atoms with E-state index in [1.807, 2.05) is 0 Å². The molecule has 0 aliphatic heterocycles. The monoisotopic (exact) mass is 1080 g/mol. The van der Waals surface area contributed by atoms with Crippen LogP contribution in [0.25, 0.3) is 29.1 Å². The Bertz CT molecular complexity index is 2270. The minimum atomic E-state index is 0. The molecule has 0 bridgehead atoms. The Labute approximate surface area is 441 Å². The third-order valence-electron chi connectivity index (χ3n) is 8.79. The van der Waals surface area contributed by atoms with Crippen LogP contribution in [0.1, 0.15) is 0 Å². The molecule has 6 aromatic rings. The van der Waals surface area contributed by atoms with E-state index in [9.17, 15) is 0 Å². The molecule has 379 valence electrons. The van der Waals surface area contributed by atoms with Crippen LogP contribution >= 0.6 is 0 Å². The van der Waals surface area contributed by atoms with Crippen LogP contribution in [-0.4, -0.2) is 85.3 Å². The van der Waals surface area contributed by atoms with Gasteiger partial charge in [0, 0.05) is 56.5 Å². The van der Waals surface area contributed by atoms with Crippen LogP contribution in [0.4, 0.5) is 34.1 Å². The first-order chi connectivity index (χ1) is 34.8. The van der Waals surface area contributed by atoms with Crippen molar-refractivity contribution in [3.8, 4) is 69.0 Å². The van der Waals surface area contributed by atoms with Crippen LogP contribution in [0.3, 0.4) is 0 Å². The van der Waals surface area contributed by atoms with Gasteiger partial charge in [-0.3, -0.25) is 0 Å². The van der Waals surface area contributed by atoms with Gasteiger partial charge in [-0.15, -0.1) is 0 Å². The molecule has 73 heavy (non-hydrogen) atoms. The van der Waals surface area contributed by atoms with Gasteiger partial charge in [0.2, 0.25) is 0 Å². The molecule has 0 aliphatic rings. The average molecular weight is 1080 g/mol. The van der Waals surface area contributed by atoms with Gasteiger partial charge in [0.1, 0.15) is 69.0 Å². The number of nitrogens with zero attached hydrogens (tertiary/aromatic N) is 6. The summed E-state index contributed by atoms with van der Waals surface area (Å²) >= 11 is 0. The summed E-state index contributed by atoms with van der Waals surface area (Å²) in [6.07, 6.45) is 0. The summed E-state index contributed by atoms with van der Waals surface area (Å²) in [6, 6.07) is 30.3. The Morgan fingerprint density at radius 3 is 0.329 bits per heavy atom. The van der Waals surface area contributed by atoms with Gasteiger partial charge in [0.05, 0.1) is 125 Å². The van der Waals surface area contributed by atoms with E-state index in [2.05, 4.69) is 29.1 Å². The Kier molecular flexibility index (Phi) is 31.7. The molecule has 0 aliphatic carbocycles. The molecule has 6 aromatic carbocycles. The van der Waals surface area contributed by atoms with Crippen molar-refractivity contribution < 1.29 is 76.9 Å². The SMILES string of the molecule is [99Tc].[C-]#[N+]c1cc(OC)cc(OC)c1.[C-]#[N+]c1cc(OC)cc(OC)c1.[C-]#[N+]c1cc(OC)cc(OC)c1.[C-]#[N+]c1cc(OC)cc(OC)c1.[C-]#[N+]c1cc(OC)cc(OC)c1.[C-]#[N+]c1cc(OC)cc(OC)c1. The van der Waals surface area contributed by atoms with E-state index in [0.717, 1.165) is 0 Å². The number of benzene rings is 6. The fraction of sp³-hybridized carbons (Fsp3) is 0.222. The Morgan fingerprint density at radius 1 is 0.192 bits per heavy atom. The standard InChI is InChI=1S/6C9H9NO2.Tc/c6*1-10-7-4-8(11-2)6-9(5-7)12-3;/h6*4-6H,2-3H3;/i;;;;;;1+1. The van der Waals surface area contributed by atoms with E-state index in [1.54, 1.807) is 195 Å². The molecule has 1 radical (unpaired) electrons. The molecule has 0 aromatic heterocycles. The zero-order valence-electron chi connectivity index (χ0n) is 42.4. The minimum absolute atomic E-state index is 0. The molecule has 0 fully saturated rings. The van der Waals surface area contributed by atoms with Crippen molar-refractivity contribution in [3.05, 3.63) is 178 Å². The van der Waals surface area contributed by atoms with Crippen LogP contribution in [0, 0.1) is 39.4 Å². The maximum Gasteiger partial charge on any atom is 0.194 e. The second-order valence-corrected chi connectivity index (χ2v) is 13.1. The number of rotatable bonds is 12. The zero-order valence-corrected chi connectivity index (χ0v) is 44.2. The van der Waals surface area contributed by atoms with Crippen LogP contribution < -0.4 is 56.8 Å². The van der Waals surface area contributed by atoms with E-state index in [-0.39, 0.29) is 20.1 Å². The summed E-state index contributed by atoms with van der Waals surface area (Å²) in [5.74, 6) is 7.67. The predicted molar refractivity (Wildman–Crippen MR) is 275 cm³/mol. The Hall–Kier alpha value is -9.49. The quantitative estimate of drug-likeness (QED) is 0.108. The van der Waals surface area contributed by atoms with Crippen molar-refractivity contribution >= 4 is 34.1 Å². The van der Waals surface area contributed by atoms with Crippen molar-refractivity contribution in [2.24, 2.45) is 0 Å². The fourth-order valence-electron chi connectivity index (χ4n) is 5.14. The van der Waals surface area contributed by atoms with Crippen LogP contribution in [0.5, 0.6) is 69.0 Å². The number of hydrogen-bond donors (Lipinski definition) is 0. The molecule has 0 amide bonds. The molecule has 18 nitrogen and oxygen atoms in total. The first-order valence-corrected chi connectivity index (χ1v) is 20.4. The van der Waals surface area contributed by atoms with Gasteiger partial charge in [-0.1, -0.05) is 0 Å².